The quantitative estimate of drug-likeness (QED) is 0.346. The third-order valence-corrected chi connectivity index (χ3v) is 5.66. The van der Waals surface area contributed by atoms with E-state index in [0.29, 0.717) is 22.4 Å². The van der Waals surface area contributed by atoms with Gasteiger partial charge >= 0.3 is 0 Å². The van der Waals surface area contributed by atoms with Gasteiger partial charge in [-0.15, -0.1) is 10.2 Å². The molecule has 0 aliphatic rings. The Morgan fingerprint density at radius 3 is 2.70 bits per heavy atom. The molecule has 0 saturated heterocycles. The number of para-hydroxylation sites is 1. The zero-order valence-corrected chi connectivity index (χ0v) is 17.8. The normalized spacial score (nSPS) is 11.7. The molecule has 1 N–H and O–H groups in total. The number of rotatable bonds is 7. The topological polar surface area (TPSA) is 112 Å². The molecule has 0 fully saturated rings. The number of aryl methyl sites for hydroxylation is 1. The molecule has 0 aliphatic heterocycles. The van der Waals surface area contributed by atoms with Crippen LogP contribution in [0.15, 0.2) is 47.6 Å². The van der Waals surface area contributed by atoms with E-state index in [9.17, 15) is 14.9 Å². The minimum Gasteiger partial charge on any atom is -0.496 e. The molecule has 10 heteroatoms. The van der Waals surface area contributed by atoms with Crippen LogP contribution >= 0.6 is 11.8 Å². The molecule has 1 atom stereocenters. The minimum absolute atomic E-state index is 0.0778. The van der Waals surface area contributed by atoms with E-state index in [0.717, 1.165) is 11.1 Å². The van der Waals surface area contributed by atoms with Crippen molar-refractivity contribution >= 4 is 29.0 Å². The van der Waals surface area contributed by atoms with Crippen LogP contribution in [0.4, 0.5) is 11.4 Å². The minimum atomic E-state index is -0.503. The highest BCUT2D eigenvalue weighted by molar-refractivity contribution is 8.00. The second kappa shape index (κ2) is 8.95. The highest BCUT2D eigenvalue weighted by atomic mass is 32.2. The van der Waals surface area contributed by atoms with Gasteiger partial charge in [-0.3, -0.25) is 14.9 Å². The Morgan fingerprint density at radius 2 is 2.00 bits per heavy atom. The fraction of sp³-hybridized carbons (Fsp3) is 0.250. The largest absolute Gasteiger partial charge is 0.496 e. The fourth-order valence-corrected chi connectivity index (χ4v) is 3.60. The second-order valence-corrected chi connectivity index (χ2v) is 7.88. The van der Waals surface area contributed by atoms with Gasteiger partial charge in [0.05, 0.1) is 28.5 Å². The maximum absolute atomic E-state index is 12.7. The van der Waals surface area contributed by atoms with Gasteiger partial charge in [-0.25, -0.2) is 0 Å². The van der Waals surface area contributed by atoms with Crippen LogP contribution in [0.25, 0.3) is 11.4 Å². The lowest BCUT2D eigenvalue weighted by molar-refractivity contribution is -0.384. The average Bonchev–Trinajstić information content (AvgIpc) is 3.09. The number of hydrogen-bond acceptors (Lipinski definition) is 7. The summed E-state index contributed by atoms with van der Waals surface area (Å²) in [6.45, 7) is 3.52. The van der Waals surface area contributed by atoms with E-state index >= 15 is 0 Å². The lowest BCUT2D eigenvalue weighted by atomic mass is 10.2. The summed E-state index contributed by atoms with van der Waals surface area (Å²) in [5.41, 5.74) is 1.87. The number of amides is 1. The van der Waals surface area contributed by atoms with Gasteiger partial charge in [0.1, 0.15) is 5.75 Å². The number of aromatic nitrogens is 3. The number of methoxy groups -OCH3 is 1. The molecule has 30 heavy (non-hydrogen) atoms. The summed E-state index contributed by atoms with van der Waals surface area (Å²) in [4.78, 5) is 23.2. The van der Waals surface area contributed by atoms with Crippen LogP contribution in [0, 0.1) is 17.0 Å². The standard InChI is InChI=1S/C20H21N5O4S/c1-12-9-10-14(25(27)28)11-16(12)21-19(26)13(2)30-20-23-22-18(24(20)3)15-7-5-6-8-17(15)29-4/h5-11,13H,1-4H3,(H,21,26)/t13-/m1/s1. The van der Waals surface area contributed by atoms with Gasteiger partial charge in [-0.05, 0) is 31.5 Å². The number of nitrogens with one attached hydrogen (secondary N) is 1. The summed E-state index contributed by atoms with van der Waals surface area (Å²) in [5.74, 6) is 1.01. The molecule has 1 aromatic heterocycles. The first-order chi connectivity index (χ1) is 14.3. The number of non-ortho nitro benzene ring substituents is 1. The summed E-state index contributed by atoms with van der Waals surface area (Å²) in [5, 5.41) is 22.3. The van der Waals surface area contributed by atoms with E-state index in [4.69, 9.17) is 4.74 Å². The van der Waals surface area contributed by atoms with Crippen molar-refractivity contribution in [2.24, 2.45) is 7.05 Å². The Bertz CT molecular complexity index is 1100. The SMILES string of the molecule is COc1ccccc1-c1nnc(S[C@H](C)C(=O)Nc2cc([N+](=O)[O-])ccc2C)n1C. The number of benzene rings is 2. The summed E-state index contributed by atoms with van der Waals surface area (Å²) < 4.78 is 7.18. The summed E-state index contributed by atoms with van der Waals surface area (Å²) in [7, 11) is 3.41. The molecule has 0 radical (unpaired) electrons. The van der Waals surface area contributed by atoms with Gasteiger partial charge < -0.3 is 14.6 Å². The number of anilines is 1. The van der Waals surface area contributed by atoms with Crippen LogP contribution < -0.4 is 10.1 Å². The van der Waals surface area contributed by atoms with Crippen molar-refractivity contribution < 1.29 is 14.5 Å². The molecule has 1 heterocycles. The average molecular weight is 427 g/mol. The lowest BCUT2D eigenvalue weighted by Crippen LogP contribution is -2.23. The predicted molar refractivity (Wildman–Crippen MR) is 115 cm³/mol. The first-order valence-corrected chi connectivity index (χ1v) is 9.95. The molecule has 9 nitrogen and oxygen atoms in total. The second-order valence-electron chi connectivity index (χ2n) is 6.57. The molecular formula is C20H21N5O4S. The van der Waals surface area contributed by atoms with Crippen molar-refractivity contribution in [3.8, 4) is 17.1 Å². The van der Waals surface area contributed by atoms with E-state index in [-0.39, 0.29) is 11.6 Å². The van der Waals surface area contributed by atoms with E-state index in [1.165, 1.54) is 23.9 Å². The van der Waals surface area contributed by atoms with Crippen molar-refractivity contribution in [1.29, 1.82) is 0 Å². The number of hydrogen-bond donors (Lipinski definition) is 1. The predicted octanol–water partition coefficient (Wildman–Crippen LogP) is 3.83. The van der Waals surface area contributed by atoms with Crippen LogP contribution in [-0.4, -0.2) is 38.0 Å². The first-order valence-electron chi connectivity index (χ1n) is 9.07. The summed E-state index contributed by atoms with van der Waals surface area (Å²) >= 11 is 1.25. The molecule has 3 aromatic rings. The molecule has 0 spiro atoms. The monoisotopic (exact) mass is 427 g/mol. The van der Waals surface area contributed by atoms with Crippen molar-refractivity contribution in [3.63, 3.8) is 0 Å². The Morgan fingerprint density at radius 1 is 1.27 bits per heavy atom. The highest BCUT2D eigenvalue weighted by Gasteiger charge is 2.21. The van der Waals surface area contributed by atoms with E-state index < -0.39 is 10.2 Å². The van der Waals surface area contributed by atoms with Gasteiger partial charge in [0.15, 0.2) is 11.0 Å². The van der Waals surface area contributed by atoms with Gasteiger partial charge in [-0.2, -0.15) is 0 Å². The van der Waals surface area contributed by atoms with Gasteiger partial charge in [-0.1, -0.05) is 30.0 Å². The van der Waals surface area contributed by atoms with Crippen molar-refractivity contribution in [2.75, 3.05) is 12.4 Å². The zero-order chi connectivity index (χ0) is 21.8. The Labute approximate surface area is 177 Å². The molecule has 156 valence electrons. The number of carbonyl (C=O) groups excluding carboxylic acids is 1. The van der Waals surface area contributed by atoms with Gasteiger partial charge in [0.25, 0.3) is 5.69 Å². The number of nitro groups is 1. The number of ether oxygens (including phenoxy) is 1. The van der Waals surface area contributed by atoms with Gasteiger partial charge in [0.2, 0.25) is 5.91 Å². The molecule has 0 unspecified atom stereocenters. The van der Waals surface area contributed by atoms with E-state index in [1.54, 1.807) is 31.6 Å². The van der Waals surface area contributed by atoms with Crippen molar-refractivity contribution in [1.82, 2.24) is 14.8 Å². The van der Waals surface area contributed by atoms with E-state index in [2.05, 4.69) is 15.5 Å². The zero-order valence-electron chi connectivity index (χ0n) is 16.9. The van der Waals surface area contributed by atoms with Crippen LogP contribution in [-0.2, 0) is 11.8 Å². The van der Waals surface area contributed by atoms with Crippen LogP contribution in [0.5, 0.6) is 5.75 Å². The summed E-state index contributed by atoms with van der Waals surface area (Å²) in [6.07, 6.45) is 0. The van der Waals surface area contributed by atoms with Crippen molar-refractivity contribution in [3.05, 3.63) is 58.1 Å². The Kier molecular flexibility index (Phi) is 6.36. The van der Waals surface area contributed by atoms with Crippen LogP contribution in [0.3, 0.4) is 0 Å². The van der Waals surface area contributed by atoms with Crippen LogP contribution in [0.2, 0.25) is 0 Å². The number of carbonyl (C=O) groups is 1. The number of nitrogens with zero attached hydrogens (tertiary/aromatic N) is 4. The Balaban J connectivity index is 1.76. The third kappa shape index (κ3) is 4.43. The van der Waals surface area contributed by atoms with Gasteiger partial charge in [0, 0.05) is 19.2 Å². The smallest absolute Gasteiger partial charge is 0.271 e. The first kappa shape index (κ1) is 21.3. The molecule has 1 amide bonds. The van der Waals surface area contributed by atoms with Crippen molar-refractivity contribution in [2.45, 2.75) is 24.3 Å². The van der Waals surface area contributed by atoms with E-state index in [1.807, 2.05) is 31.3 Å². The lowest BCUT2D eigenvalue weighted by Gasteiger charge is -2.13. The molecular weight excluding hydrogens is 406 g/mol. The Hall–Kier alpha value is -3.40. The van der Waals surface area contributed by atoms with Crippen LogP contribution in [0.1, 0.15) is 12.5 Å². The molecule has 0 saturated carbocycles. The molecule has 0 aliphatic carbocycles. The maximum atomic E-state index is 12.7. The molecule has 2 aromatic carbocycles. The molecule has 3 rings (SSSR count). The molecule has 0 bridgehead atoms. The number of thioether (sulfide) groups is 1. The maximum Gasteiger partial charge on any atom is 0.271 e. The summed E-state index contributed by atoms with van der Waals surface area (Å²) in [6, 6.07) is 11.9. The fourth-order valence-electron chi connectivity index (χ4n) is 2.79. The third-order valence-electron chi connectivity index (χ3n) is 4.52. The number of nitro benzene ring substituents is 1. The highest BCUT2D eigenvalue weighted by Crippen LogP contribution is 2.31.